The molecule has 26 heavy (non-hydrogen) atoms. The monoisotopic (exact) mass is 381 g/mol. The molecule has 0 saturated carbocycles. The van der Waals surface area contributed by atoms with E-state index in [9.17, 15) is 24.4 Å². The number of nitrogens with zero attached hydrogens (tertiary/aromatic N) is 2. The second-order valence-electron chi connectivity index (χ2n) is 6.72. The minimum atomic E-state index is -4.83. The molecule has 2 aliphatic heterocycles. The first-order valence-electron chi connectivity index (χ1n) is 7.89. The zero-order chi connectivity index (χ0) is 18.4. The van der Waals surface area contributed by atoms with Crippen molar-refractivity contribution < 1.29 is 28.4 Å². The van der Waals surface area contributed by atoms with Crippen LogP contribution in [0.5, 0.6) is 5.75 Å². The second kappa shape index (κ2) is 6.93. The average molecular weight is 381 g/mol. The van der Waals surface area contributed by atoms with Crippen molar-refractivity contribution in [3.05, 3.63) is 36.8 Å². The van der Waals surface area contributed by atoms with E-state index >= 15 is 0 Å². The Morgan fingerprint density at radius 2 is 2.12 bits per heavy atom. The van der Waals surface area contributed by atoms with Gasteiger partial charge in [0.1, 0.15) is 17.5 Å². The minimum absolute atomic E-state index is 0. The highest BCUT2D eigenvalue weighted by Crippen LogP contribution is 2.51. The molecule has 1 fully saturated rings. The second-order valence-corrected chi connectivity index (χ2v) is 7.91. The quantitative estimate of drug-likeness (QED) is 0.609. The van der Waals surface area contributed by atoms with Gasteiger partial charge in [-0.3, -0.25) is 9.32 Å². The summed E-state index contributed by atoms with van der Waals surface area (Å²) in [6.45, 7) is 3.76. The summed E-state index contributed by atoms with van der Waals surface area (Å²) >= 11 is 0. The number of rotatable bonds is 3. The Balaban J connectivity index is 0.00000243. The number of amides is 1. The molecule has 1 amide bonds. The van der Waals surface area contributed by atoms with Crippen molar-refractivity contribution in [3.8, 4) is 11.8 Å². The van der Waals surface area contributed by atoms with E-state index in [0.29, 0.717) is 36.3 Å². The normalized spacial score (nSPS) is 24.3. The molecule has 0 aromatic heterocycles. The van der Waals surface area contributed by atoms with E-state index in [1.54, 1.807) is 36.9 Å². The molecule has 0 bridgehead atoms. The molecule has 2 atom stereocenters. The van der Waals surface area contributed by atoms with Crippen molar-refractivity contribution in [2.24, 2.45) is 0 Å². The van der Waals surface area contributed by atoms with Crippen LogP contribution in [0, 0.1) is 18.8 Å². The van der Waals surface area contributed by atoms with Crippen LogP contribution in [0.3, 0.4) is 0 Å². The minimum Gasteiger partial charge on any atom is -0.485 e. The predicted molar refractivity (Wildman–Crippen MR) is 92.9 cm³/mol. The number of phosphoric acid groups is 1. The highest BCUT2D eigenvalue weighted by atomic mass is 31.2. The number of ether oxygens (including phenoxy) is 1. The van der Waals surface area contributed by atoms with E-state index in [1.807, 2.05) is 6.07 Å². The number of hydrogen-bond donors (Lipinski definition) is 2. The number of carbonyl (C=O) groups is 1. The van der Waals surface area contributed by atoms with E-state index in [1.165, 1.54) is 0 Å². The van der Waals surface area contributed by atoms with Gasteiger partial charge in [-0.2, -0.15) is 5.26 Å². The Hall–Kier alpha value is -2.04. The average Bonchev–Trinajstić information content (AvgIpc) is 2.92. The summed E-state index contributed by atoms with van der Waals surface area (Å²) in [5.74, 6) is 0.356. The molecule has 2 aliphatic rings. The van der Waals surface area contributed by atoms with Crippen LogP contribution in [0.1, 0.15) is 43.9 Å². The third-order valence-electron chi connectivity index (χ3n) is 4.50. The van der Waals surface area contributed by atoms with Crippen molar-refractivity contribution in [2.45, 2.75) is 44.4 Å². The molecule has 0 spiro atoms. The summed E-state index contributed by atoms with van der Waals surface area (Å²) in [5, 5.41) is 9.17. The Bertz CT molecular complexity index is 797. The van der Waals surface area contributed by atoms with Crippen LogP contribution in [-0.2, 0) is 13.9 Å². The zero-order valence-corrected chi connectivity index (χ0v) is 15.8. The van der Waals surface area contributed by atoms with Gasteiger partial charge in [-0.1, -0.05) is 0 Å². The van der Waals surface area contributed by atoms with Crippen molar-refractivity contribution in [1.29, 1.82) is 5.26 Å². The van der Waals surface area contributed by atoms with Crippen LogP contribution in [0.4, 0.5) is 0 Å². The lowest BCUT2D eigenvalue weighted by Crippen LogP contribution is -2.54. The van der Waals surface area contributed by atoms with Gasteiger partial charge in [0.2, 0.25) is 5.91 Å². The SMILES string of the molecule is CC1(C)Oc2ccc(C#N)cc2[C@@H](N2CCCC2=O)[C@@H]1OP(=O)(O)O.[CH3+]. The fourth-order valence-electron chi connectivity index (χ4n) is 3.45. The molecule has 2 heterocycles. The van der Waals surface area contributed by atoms with E-state index < -0.39 is 25.6 Å². The maximum atomic E-state index is 12.3. The topological polar surface area (TPSA) is 120 Å². The first kappa shape index (κ1) is 20.3. The van der Waals surface area contributed by atoms with Crippen LogP contribution >= 0.6 is 7.82 Å². The fraction of sp³-hybridized carbons (Fsp3) is 0.471. The van der Waals surface area contributed by atoms with Crippen LogP contribution < -0.4 is 4.74 Å². The molecule has 1 saturated heterocycles. The van der Waals surface area contributed by atoms with Gasteiger partial charge in [0, 0.05) is 26.0 Å². The summed E-state index contributed by atoms with van der Waals surface area (Å²) in [4.78, 5) is 32.6. The standard InChI is InChI=1S/C16H19N2O6P.CH3/c1-16(2)15(24-25(20,21)22)14(18-7-3-4-13(18)19)11-8-10(9-17)5-6-12(11)23-16;/h5-6,8,14-15H,3-4,7H2,1-2H3,(H2,20,21,22);1H3/q;+1/t14-,15+;/m1./s1. The molecule has 2 N–H and O–H groups in total. The van der Waals surface area contributed by atoms with E-state index in [-0.39, 0.29) is 13.3 Å². The van der Waals surface area contributed by atoms with Gasteiger partial charge in [0.25, 0.3) is 0 Å². The lowest BCUT2D eigenvalue weighted by atomic mass is 9.85. The summed E-state index contributed by atoms with van der Waals surface area (Å²) < 4.78 is 22.5. The Kier molecular flexibility index (Phi) is 5.41. The van der Waals surface area contributed by atoms with Crippen molar-refractivity contribution >= 4 is 13.7 Å². The molecule has 0 aliphatic carbocycles. The van der Waals surface area contributed by atoms with E-state index in [4.69, 9.17) is 9.26 Å². The van der Waals surface area contributed by atoms with Crippen molar-refractivity contribution in [1.82, 2.24) is 4.90 Å². The third-order valence-corrected chi connectivity index (χ3v) is 5.00. The predicted octanol–water partition coefficient (Wildman–Crippen LogP) is 2.32. The number of phosphoric ester groups is 1. The third kappa shape index (κ3) is 3.71. The highest BCUT2D eigenvalue weighted by Gasteiger charge is 2.51. The van der Waals surface area contributed by atoms with Crippen LogP contribution in [-0.4, -0.2) is 38.8 Å². The Labute approximate surface area is 152 Å². The Morgan fingerprint density at radius 1 is 1.42 bits per heavy atom. The number of nitriles is 1. The van der Waals surface area contributed by atoms with E-state index in [2.05, 4.69) is 0 Å². The molecule has 140 valence electrons. The number of hydrogen-bond acceptors (Lipinski definition) is 5. The van der Waals surface area contributed by atoms with Crippen LogP contribution in [0.25, 0.3) is 0 Å². The summed E-state index contributed by atoms with van der Waals surface area (Å²) in [6.07, 6.45) is -0.0583. The van der Waals surface area contributed by atoms with Gasteiger partial charge in [-0.15, -0.1) is 0 Å². The molecule has 8 nitrogen and oxygen atoms in total. The van der Waals surface area contributed by atoms with Gasteiger partial charge in [0.15, 0.2) is 0 Å². The number of benzene rings is 1. The van der Waals surface area contributed by atoms with Crippen LogP contribution in [0.2, 0.25) is 0 Å². The van der Waals surface area contributed by atoms with Gasteiger partial charge in [-0.05, 0) is 38.5 Å². The first-order valence-corrected chi connectivity index (χ1v) is 9.42. The smallest absolute Gasteiger partial charge is 0.470 e. The molecule has 1 aromatic rings. The molecule has 1 aromatic carbocycles. The molecule has 3 rings (SSSR count). The van der Waals surface area contributed by atoms with E-state index in [0.717, 1.165) is 0 Å². The molecule has 0 unspecified atom stereocenters. The van der Waals surface area contributed by atoms with Gasteiger partial charge < -0.3 is 19.4 Å². The Morgan fingerprint density at radius 3 is 2.65 bits per heavy atom. The number of fused-ring (bicyclic) bond motifs is 1. The van der Waals surface area contributed by atoms with Crippen molar-refractivity contribution in [3.63, 3.8) is 0 Å². The number of carbonyl (C=O) groups excluding carboxylic acids is 1. The lowest BCUT2D eigenvalue weighted by molar-refractivity contribution is -0.138. The summed E-state index contributed by atoms with van der Waals surface area (Å²) in [6, 6.07) is 6.10. The zero-order valence-electron chi connectivity index (χ0n) is 14.9. The number of likely N-dealkylation sites (tertiary alicyclic amines) is 1. The van der Waals surface area contributed by atoms with Gasteiger partial charge >= 0.3 is 7.82 Å². The van der Waals surface area contributed by atoms with Gasteiger partial charge in [0.05, 0.1) is 17.7 Å². The fourth-order valence-corrected chi connectivity index (χ4v) is 4.12. The van der Waals surface area contributed by atoms with Gasteiger partial charge in [-0.25, -0.2) is 4.57 Å². The van der Waals surface area contributed by atoms with Crippen LogP contribution in [0.15, 0.2) is 18.2 Å². The summed E-state index contributed by atoms with van der Waals surface area (Å²) in [5.41, 5.74) is -0.198. The lowest BCUT2D eigenvalue weighted by Gasteiger charge is -2.47. The molecule has 9 heteroatoms. The maximum absolute atomic E-state index is 12.3. The first-order chi connectivity index (χ1) is 11.6. The largest absolute Gasteiger partial charge is 0.485 e. The van der Waals surface area contributed by atoms with Crippen molar-refractivity contribution in [2.75, 3.05) is 6.54 Å². The molecular formula is C17H22N2O6P+. The maximum Gasteiger partial charge on any atom is 0.470 e. The summed E-state index contributed by atoms with van der Waals surface area (Å²) in [7, 11) is -4.83. The molecular weight excluding hydrogens is 359 g/mol. The molecule has 0 radical (unpaired) electrons. The highest BCUT2D eigenvalue weighted by molar-refractivity contribution is 7.46.